The van der Waals surface area contributed by atoms with E-state index in [0.717, 1.165) is 12.1 Å². The van der Waals surface area contributed by atoms with Crippen molar-refractivity contribution in [1.29, 1.82) is 5.26 Å². The molecule has 0 unspecified atom stereocenters. The second-order valence-electron chi connectivity index (χ2n) is 2.36. The van der Waals surface area contributed by atoms with Gasteiger partial charge in [-0.25, -0.2) is 4.39 Å². The zero-order valence-electron chi connectivity index (χ0n) is 6.80. The van der Waals surface area contributed by atoms with Gasteiger partial charge < -0.3 is 10.5 Å². The maximum absolute atomic E-state index is 12.7. The maximum atomic E-state index is 12.7. The minimum absolute atomic E-state index is 0.332. The van der Waals surface area contributed by atoms with Gasteiger partial charge in [-0.2, -0.15) is 14.0 Å². The largest absolute Gasteiger partial charge is 0.431 e. The first-order valence-corrected chi connectivity index (χ1v) is 3.48. The van der Waals surface area contributed by atoms with E-state index in [2.05, 4.69) is 4.74 Å². The number of alkyl halides is 2. The first-order valence-electron chi connectivity index (χ1n) is 3.48. The molecule has 0 aliphatic heterocycles. The van der Waals surface area contributed by atoms with E-state index in [9.17, 15) is 13.2 Å². The molecule has 0 fully saturated rings. The van der Waals surface area contributed by atoms with E-state index in [-0.39, 0.29) is 11.3 Å². The van der Waals surface area contributed by atoms with Crippen LogP contribution in [-0.4, -0.2) is 6.61 Å². The highest BCUT2D eigenvalue weighted by atomic mass is 19.3. The van der Waals surface area contributed by atoms with E-state index in [1.165, 1.54) is 6.07 Å². The SMILES string of the molecule is N#Cc1cc(F)cc(N)c1OC(F)F. The number of nitrogens with zero attached hydrogens (tertiary/aromatic N) is 1. The molecule has 0 aliphatic rings. The summed E-state index contributed by atoms with van der Waals surface area (Å²) < 4.78 is 40.3. The first-order chi connectivity index (χ1) is 6.54. The quantitative estimate of drug-likeness (QED) is 0.745. The average Bonchev–Trinajstić information content (AvgIpc) is 2.08. The van der Waals surface area contributed by atoms with Gasteiger partial charge in [0.2, 0.25) is 0 Å². The van der Waals surface area contributed by atoms with Crippen LogP contribution in [0.4, 0.5) is 18.9 Å². The predicted octanol–water partition coefficient (Wildman–Crippen LogP) is 1.88. The normalized spacial score (nSPS) is 9.93. The van der Waals surface area contributed by atoms with E-state index >= 15 is 0 Å². The van der Waals surface area contributed by atoms with Gasteiger partial charge in [0.25, 0.3) is 0 Å². The Hall–Kier alpha value is -1.90. The van der Waals surface area contributed by atoms with E-state index in [0.29, 0.717) is 0 Å². The molecule has 0 saturated carbocycles. The first kappa shape index (κ1) is 10.2. The summed E-state index contributed by atoms with van der Waals surface area (Å²) in [5.74, 6) is -1.27. The monoisotopic (exact) mass is 202 g/mol. The summed E-state index contributed by atoms with van der Waals surface area (Å²) in [6.07, 6.45) is 0. The maximum Gasteiger partial charge on any atom is 0.387 e. The van der Waals surface area contributed by atoms with Crippen molar-refractivity contribution < 1.29 is 17.9 Å². The number of nitriles is 1. The lowest BCUT2D eigenvalue weighted by atomic mass is 10.2. The molecule has 0 aromatic heterocycles. The van der Waals surface area contributed by atoms with Crippen molar-refractivity contribution in [3.8, 4) is 11.8 Å². The van der Waals surface area contributed by atoms with Gasteiger partial charge in [-0.15, -0.1) is 0 Å². The summed E-state index contributed by atoms with van der Waals surface area (Å²) in [6.45, 7) is -3.10. The van der Waals surface area contributed by atoms with Crippen LogP contribution in [0.25, 0.3) is 0 Å². The Bertz CT molecular complexity index is 387. The highest BCUT2D eigenvalue weighted by Crippen LogP contribution is 2.28. The molecule has 0 heterocycles. The summed E-state index contributed by atoms with van der Waals surface area (Å²) >= 11 is 0. The predicted molar refractivity (Wildman–Crippen MR) is 42.2 cm³/mol. The standard InChI is InChI=1S/C8H5F3N2O/c9-5-1-4(3-12)7(6(13)2-5)14-8(10)11/h1-2,8H,13H2. The fourth-order valence-corrected chi connectivity index (χ4v) is 0.918. The van der Waals surface area contributed by atoms with Gasteiger partial charge in [0.05, 0.1) is 11.3 Å². The zero-order valence-corrected chi connectivity index (χ0v) is 6.80. The van der Waals surface area contributed by atoms with E-state index < -0.39 is 18.2 Å². The van der Waals surface area contributed by atoms with Crippen LogP contribution in [-0.2, 0) is 0 Å². The smallest absolute Gasteiger partial charge is 0.387 e. The minimum atomic E-state index is -3.10. The van der Waals surface area contributed by atoms with Crippen molar-refractivity contribution >= 4 is 5.69 Å². The summed E-state index contributed by atoms with van der Waals surface area (Å²) in [5.41, 5.74) is 4.51. The van der Waals surface area contributed by atoms with Gasteiger partial charge in [-0.3, -0.25) is 0 Å². The summed E-state index contributed by atoms with van der Waals surface area (Å²) in [5, 5.41) is 8.48. The molecule has 14 heavy (non-hydrogen) atoms. The Balaban J connectivity index is 3.20. The summed E-state index contributed by atoms with van der Waals surface area (Å²) in [4.78, 5) is 0. The molecule has 1 rings (SSSR count). The molecular weight excluding hydrogens is 197 g/mol. The number of anilines is 1. The third-order valence-corrected chi connectivity index (χ3v) is 1.41. The number of ether oxygens (including phenoxy) is 1. The van der Waals surface area contributed by atoms with Crippen LogP contribution < -0.4 is 10.5 Å². The molecule has 0 atom stereocenters. The number of benzene rings is 1. The Kier molecular flexibility index (Phi) is 2.82. The summed E-state index contributed by atoms with van der Waals surface area (Å²) in [7, 11) is 0. The van der Waals surface area contributed by atoms with Gasteiger partial charge in [-0.05, 0) is 6.07 Å². The third kappa shape index (κ3) is 2.07. The molecule has 6 heteroatoms. The van der Waals surface area contributed by atoms with Gasteiger partial charge in [0, 0.05) is 6.07 Å². The molecule has 2 N–H and O–H groups in total. The lowest BCUT2D eigenvalue weighted by Crippen LogP contribution is -2.06. The fraction of sp³-hybridized carbons (Fsp3) is 0.125. The summed E-state index contributed by atoms with van der Waals surface area (Å²) in [6, 6.07) is 3.08. The Morgan fingerprint density at radius 2 is 2.07 bits per heavy atom. The number of hydrogen-bond acceptors (Lipinski definition) is 3. The van der Waals surface area contributed by atoms with Crippen LogP contribution in [0.5, 0.6) is 5.75 Å². The fourth-order valence-electron chi connectivity index (χ4n) is 0.918. The van der Waals surface area contributed by atoms with E-state index in [4.69, 9.17) is 11.0 Å². The number of nitrogens with two attached hydrogens (primary N) is 1. The highest BCUT2D eigenvalue weighted by molar-refractivity contribution is 5.60. The Morgan fingerprint density at radius 1 is 1.43 bits per heavy atom. The van der Waals surface area contributed by atoms with Crippen molar-refractivity contribution in [3.63, 3.8) is 0 Å². The molecule has 0 bridgehead atoms. The topological polar surface area (TPSA) is 59.0 Å². The van der Waals surface area contributed by atoms with Gasteiger partial charge in [0.15, 0.2) is 5.75 Å². The molecule has 0 saturated heterocycles. The molecule has 1 aromatic carbocycles. The second kappa shape index (κ2) is 3.87. The van der Waals surface area contributed by atoms with Gasteiger partial charge >= 0.3 is 6.61 Å². The molecule has 0 aliphatic carbocycles. The molecule has 0 radical (unpaired) electrons. The second-order valence-corrected chi connectivity index (χ2v) is 2.36. The van der Waals surface area contributed by atoms with Crippen molar-refractivity contribution in [2.45, 2.75) is 6.61 Å². The molecule has 0 spiro atoms. The molecular formula is C8H5F3N2O. The molecule has 3 nitrogen and oxygen atoms in total. The van der Waals surface area contributed by atoms with Crippen LogP contribution in [0.15, 0.2) is 12.1 Å². The highest BCUT2D eigenvalue weighted by Gasteiger charge is 2.14. The number of rotatable bonds is 2. The minimum Gasteiger partial charge on any atom is -0.431 e. The number of halogens is 3. The average molecular weight is 202 g/mol. The molecule has 1 aromatic rings. The van der Waals surface area contributed by atoms with Gasteiger partial charge in [0.1, 0.15) is 11.9 Å². The van der Waals surface area contributed by atoms with Crippen LogP contribution >= 0.6 is 0 Å². The van der Waals surface area contributed by atoms with Crippen molar-refractivity contribution in [1.82, 2.24) is 0 Å². The Morgan fingerprint density at radius 3 is 2.57 bits per heavy atom. The van der Waals surface area contributed by atoms with Crippen LogP contribution in [0.2, 0.25) is 0 Å². The van der Waals surface area contributed by atoms with Crippen LogP contribution in [0.3, 0.4) is 0 Å². The van der Waals surface area contributed by atoms with Crippen LogP contribution in [0, 0.1) is 17.1 Å². The third-order valence-electron chi connectivity index (χ3n) is 1.41. The molecule has 0 amide bonds. The number of nitrogen functional groups attached to an aromatic ring is 1. The number of hydrogen-bond donors (Lipinski definition) is 1. The Labute approximate surface area is 77.5 Å². The van der Waals surface area contributed by atoms with Crippen molar-refractivity contribution in [3.05, 3.63) is 23.5 Å². The van der Waals surface area contributed by atoms with E-state index in [1.807, 2.05) is 0 Å². The van der Waals surface area contributed by atoms with Gasteiger partial charge in [-0.1, -0.05) is 0 Å². The van der Waals surface area contributed by atoms with Crippen LogP contribution in [0.1, 0.15) is 5.56 Å². The zero-order chi connectivity index (χ0) is 10.7. The lowest BCUT2D eigenvalue weighted by Gasteiger charge is -2.08. The molecule has 74 valence electrons. The lowest BCUT2D eigenvalue weighted by molar-refractivity contribution is -0.0495. The van der Waals surface area contributed by atoms with E-state index in [1.54, 1.807) is 0 Å². The van der Waals surface area contributed by atoms with Crippen molar-refractivity contribution in [2.24, 2.45) is 0 Å². The van der Waals surface area contributed by atoms with Crippen molar-refractivity contribution in [2.75, 3.05) is 5.73 Å².